The molecule has 0 saturated heterocycles. The molecule has 1 heterocycles. The van der Waals surface area contributed by atoms with Crippen LogP contribution in [0.2, 0.25) is 0 Å². The standard InChI is InChI=1S/C23H25N3O5S/c1-4-30-19(27)13-31-17-11-10-15(12-18(17)29-3)21-20(14(2)24-23(32)26-21)22(28)25-16-8-6-5-7-9-16/h5-12,21H,4,13H2,1-3H3,(H,25,28)(H2,24,26,32)/t21-/m1/s1. The molecule has 0 unspecified atom stereocenters. The third kappa shape index (κ3) is 5.55. The first-order valence-corrected chi connectivity index (χ1v) is 10.4. The molecule has 3 rings (SSSR count). The Kier molecular flexibility index (Phi) is 7.67. The van der Waals surface area contributed by atoms with Gasteiger partial charge in [0, 0.05) is 11.4 Å². The van der Waals surface area contributed by atoms with E-state index in [4.69, 9.17) is 26.4 Å². The van der Waals surface area contributed by atoms with Gasteiger partial charge in [-0.25, -0.2) is 4.79 Å². The first-order chi connectivity index (χ1) is 15.4. The molecule has 3 N–H and O–H groups in total. The van der Waals surface area contributed by atoms with Gasteiger partial charge in [-0.05, 0) is 55.9 Å². The summed E-state index contributed by atoms with van der Waals surface area (Å²) < 4.78 is 15.9. The largest absolute Gasteiger partial charge is 0.493 e. The summed E-state index contributed by atoms with van der Waals surface area (Å²) in [4.78, 5) is 24.7. The normalized spacial score (nSPS) is 15.3. The minimum atomic E-state index is -0.513. The van der Waals surface area contributed by atoms with Crippen LogP contribution in [0.5, 0.6) is 11.5 Å². The van der Waals surface area contributed by atoms with Crippen LogP contribution in [0.1, 0.15) is 25.5 Å². The molecule has 8 nitrogen and oxygen atoms in total. The lowest BCUT2D eigenvalue weighted by molar-refractivity contribution is -0.145. The quantitative estimate of drug-likeness (QED) is 0.413. The summed E-state index contributed by atoms with van der Waals surface area (Å²) in [5.41, 5.74) is 2.57. The van der Waals surface area contributed by atoms with Gasteiger partial charge in [0.15, 0.2) is 23.2 Å². The number of nitrogens with one attached hydrogen (secondary N) is 3. The molecular formula is C23H25N3O5S. The van der Waals surface area contributed by atoms with Crippen LogP contribution in [-0.2, 0) is 14.3 Å². The number of methoxy groups -OCH3 is 1. The number of para-hydroxylation sites is 1. The number of carbonyl (C=O) groups is 2. The highest BCUT2D eigenvalue weighted by atomic mass is 32.1. The first kappa shape index (κ1) is 23.1. The number of amides is 1. The van der Waals surface area contributed by atoms with Crippen molar-refractivity contribution in [2.24, 2.45) is 0 Å². The van der Waals surface area contributed by atoms with Crippen LogP contribution in [0.25, 0.3) is 0 Å². The molecule has 32 heavy (non-hydrogen) atoms. The van der Waals surface area contributed by atoms with Gasteiger partial charge in [-0.3, -0.25) is 4.79 Å². The number of allylic oxidation sites excluding steroid dienone is 1. The van der Waals surface area contributed by atoms with Gasteiger partial charge >= 0.3 is 5.97 Å². The molecule has 1 amide bonds. The molecule has 2 aromatic carbocycles. The van der Waals surface area contributed by atoms with Crippen LogP contribution in [0.15, 0.2) is 59.8 Å². The summed E-state index contributed by atoms with van der Waals surface area (Å²) in [6.45, 7) is 3.57. The molecule has 0 bridgehead atoms. The van der Waals surface area contributed by atoms with Crippen molar-refractivity contribution < 1.29 is 23.8 Å². The van der Waals surface area contributed by atoms with Crippen molar-refractivity contribution in [3.63, 3.8) is 0 Å². The smallest absolute Gasteiger partial charge is 0.344 e. The molecule has 168 valence electrons. The molecule has 0 fully saturated rings. The number of esters is 1. The zero-order valence-electron chi connectivity index (χ0n) is 18.1. The van der Waals surface area contributed by atoms with Gasteiger partial charge in [0.2, 0.25) is 0 Å². The van der Waals surface area contributed by atoms with Crippen molar-refractivity contribution in [3.05, 3.63) is 65.4 Å². The first-order valence-electron chi connectivity index (χ1n) is 10.0. The zero-order valence-corrected chi connectivity index (χ0v) is 18.9. The third-order valence-electron chi connectivity index (χ3n) is 4.72. The van der Waals surface area contributed by atoms with E-state index < -0.39 is 12.0 Å². The number of carbonyl (C=O) groups excluding carboxylic acids is 2. The maximum Gasteiger partial charge on any atom is 0.344 e. The maximum absolute atomic E-state index is 13.1. The summed E-state index contributed by atoms with van der Waals surface area (Å²) in [5.74, 6) is 0.0700. The minimum absolute atomic E-state index is 0.233. The Morgan fingerprint density at radius 1 is 1.12 bits per heavy atom. The summed E-state index contributed by atoms with van der Waals surface area (Å²) >= 11 is 5.32. The lowest BCUT2D eigenvalue weighted by atomic mass is 9.94. The molecule has 1 atom stereocenters. The van der Waals surface area contributed by atoms with E-state index in [-0.39, 0.29) is 19.1 Å². The predicted molar refractivity (Wildman–Crippen MR) is 125 cm³/mol. The molecule has 0 aliphatic carbocycles. The van der Waals surface area contributed by atoms with Gasteiger partial charge in [0.1, 0.15) is 0 Å². The van der Waals surface area contributed by atoms with Crippen LogP contribution >= 0.6 is 12.2 Å². The van der Waals surface area contributed by atoms with Gasteiger partial charge in [0.25, 0.3) is 5.91 Å². The topological polar surface area (TPSA) is 97.9 Å². The molecule has 0 radical (unpaired) electrons. The van der Waals surface area contributed by atoms with E-state index in [0.717, 1.165) is 5.56 Å². The Hall–Kier alpha value is -3.59. The van der Waals surface area contributed by atoms with Crippen LogP contribution in [0, 0.1) is 0 Å². The van der Waals surface area contributed by atoms with E-state index in [0.29, 0.717) is 33.6 Å². The molecule has 0 saturated carbocycles. The molecule has 1 aliphatic rings. The highest BCUT2D eigenvalue weighted by molar-refractivity contribution is 7.80. The molecule has 9 heteroatoms. The number of hydrogen-bond donors (Lipinski definition) is 3. The summed E-state index contributed by atoms with van der Waals surface area (Å²) in [6.07, 6.45) is 0. The van der Waals surface area contributed by atoms with E-state index in [1.807, 2.05) is 30.3 Å². The molecule has 1 aliphatic heterocycles. The van der Waals surface area contributed by atoms with Crippen LogP contribution in [0.4, 0.5) is 5.69 Å². The van der Waals surface area contributed by atoms with Crippen LogP contribution in [0.3, 0.4) is 0 Å². The number of thiocarbonyl (C=S) groups is 1. The molecule has 0 spiro atoms. The Balaban J connectivity index is 1.87. The zero-order chi connectivity index (χ0) is 23.1. The second kappa shape index (κ2) is 10.6. The van der Waals surface area contributed by atoms with E-state index in [9.17, 15) is 9.59 Å². The van der Waals surface area contributed by atoms with Crippen molar-refractivity contribution in [2.45, 2.75) is 19.9 Å². The fourth-order valence-corrected chi connectivity index (χ4v) is 3.56. The lowest BCUT2D eigenvalue weighted by Crippen LogP contribution is -2.45. The van der Waals surface area contributed by atoms with Crippen molar-refractivity contribution in [3.8, 4) is 11.5 Å². The van der Waals surface area contributed by atoms with Crippen LogP contribution < -0.4 is 25.4 Å². The van der Waals surface area contributed by atoms with E-state index in [1.165, 1.54) is 7.11 Å². The lowest BCUT2D eigenvalue weighted by Gasteiger charge is -2.30. The number of benzene rings is 2. The third-order valence-corrected chi connectivity index (χ3v) is 4.94. The van der Waals surface area contributed by atoms with E-state index >= 15 is 0 Å². The maximum atomic E-state index is 13.1. The Morgan fingerprint density at radius 2 is 1.88 bits per heavy atom. The fraction of sp³-hybridized carbons (Fsp3) is 0.261. The summed E-state index contributed by atoms with van der Waals surface area (Å²) in [6, 6.07) is 13.9. The minimum Gasteiger partial charge on any atom is -0.493 e. The monoisotopic (exact) mass is 455 g/mol. The number of anilines is 1. The van der Waals surface area contributed by atoms with Crippen molar-refractivity contribution in [2.75, 3.05) is 25.6 Å². The fourth-order valence-electron chi connectivity index (χ4n) is 3.29. The second-order valence-corrected chi connectivity index (χ2v) is 7.30. The average molecular weight is 456 g/mol. The highest BCUT2D eigenvalue weighted by Crippen LogP contribution is 2.34. The summed E-state index contributed by atoms with van der Waals surface area (Å²) in [7, 11) is 1.50. The molecule has 0 aromatic heterocycles. The predicted octanol–water partition coefficient (Wildman–Crippen LogP) is 3.07. The van der Waals surface area contributed by atoms with Crippen molar-refractivity contribution in [1.82, 2.24) is 10.6 Å². The summed E-state index contributed by atoms with van der Waals surface area (Å²) in [5, 5.41) is 9.48. The highest BCUT2D eigenvalue weighted by Gasteiger charge is 2.30. The number of rotatable bonds is 8. The molecule has 2 aromatic rings. The Morgan fingerprint density at radius 3 is 2.56 bits per heavy atom. The van der Waals surface area contributed by atoms with Crippen molar-refractivity contribution >= 4 is 34.9 Å². The van der Waals surface area contributed by atoms with Gasteiger partial charge in [0.05, 0.1) is 25.3 Å². The van der Waals surface area contributed by atoms with E-state index in [2.05, 4.69) is 16.0 Å². The van der Waals surface area contributed by atoms with Gasteiger partial charge < -0.3 is 30.2 Å². The van der Waals surface area contributed by atoms with Gasteiger partial charge in [-0.1, -0.05) is 24.3 Å². The number of ether oxygens (including phenoxy) is 3. The molecular weight excluding hydrogens is 430 g/mol. The Bertz CT molecular complexity index is 1040. The van der Waals surface area contributed by atoms with E-state index in [1.54, 1.807) is 32.0 Å². The SMILES string of the molecule is CCOC(=O)COc1ccc([C@H]2NC(=S)NC(C)=C2C(=O)Nc2ccccc2)cc1OC. The Labute approximate surface area is 191 Å². The number of hydrogen-bond acceptors (Lipinski definition) is 6. The second-order valence-electron chi connectivity index (χ2n) is 6.89. The van der Waals surface area contributed by atoms with Crippen molar-refractivity contribution in [1.29, 1.82) is 0 Å². The van der Waals surface area contributed by atoms with Crippen LogP contribution in [-0.4, -0.2) is 37.3 Å². The van der Waals surface area contributed by atoms with Gasteiger partial charge in [-0.2, -0.15) is 0 Å². The average Bonchev–Trinajstić information content (AvgIpc) is 2.77. The van der Waals surface area contributed by atoms with Gasteiger partial charge in [-0.15, -0.1) is 0 Å².